The van der Waals surface area contributed by atoms with E-state index in [0.29, 0.717) is 11.5 Å². The molecule has 5 heteroatoms. The summed E-state index contributed by atoms with van der Waals surface area (Å²) in [6.07, 6.45) is 0. The van der Waals surface area contributed by atoms with E-state index in [-0.39, 0.29) is 5.91 Å². The summed E-state index contributed by atoms with van der Waals surface area (Å²) in [4.78, 5) is 17.2. The number of aromatic nitrogens is 1. The number of hydrogen-bond donors (Lipinski definition) is 1. The third-order valence-corrected chi connectivity index (χ3v) is 5.28. The van der Waals surface area contributed by atoms with Gasteiger partial charge in [-0.15, -0.1) is 11.3 Å². The van der Waals surface area contributed by atoms with E-state index in [1.807, 2.05) is 51.1 Å². The van der Waals surface area contributed by atoms with E-state index in [9.17, 15) is 4.79 Å². The van der Waals surface area contributed by atoms with Crippen molar-refractivity contribution in [1.82, 2.24) is 4.98 Å². The van der Waals surface area contributed by atoms with Crippen molar-refractivity contribution >= 4 is 22.9 Å². The molecule has 4 nitrogen and oxygen atoms in total. The van der Waals surface area contributed by atoms with Crippen molar-refractivity contribution in [3.05, 3.63) is 64.0 Å². The maximum atomic E-state index is 12.5. The minimum atomic E-state index is -0.131. The molecule has 0 unspecified atom stereocenters. The highest BCUT2D eigenvalue weighted by Gasteiger charge is 2.11. The molecule has 0 radical (unpaired) electrons. The smallest absolute Gasteiger partial charge is 0.255 e. The number of benzene rings is 2. The molecule has 2 aromatic carbocycles. The van der Waals surface area contributed by atoms with Crippen LogP contribution in [0.2, 0.25) is 0 Å². The minimum Gasteiger partial charge on any atom is -0.497 e. The SMILES string of the molecule is CC.COc1ccc(C(=O)Nc2ccc(-c3csc(C(C)C)n3)cc2)c(C)c1. The highest BCUT2D eigenvalue weighted by molar-refractivity contribution is 7.10. The summed E-state index contributed by atoms with van der Waals surface area (Å²) >= 11 is 1.68. The van der Waals surface area contributed by atoms with Crippen LogP contribution in [-0.2, 0) is 0 Å². The molecule has 0 fully saturated rings. The van der Waals surface area contributed by atoms with Crippen LogP contribution < -0.4 is 10.1 Å². The first kappa shape index (κ1) is 21.6. The second-order valence-corrected chi connectivity index (χ2v) is 7.33. The van der Waals surface area contributed by atoms with E-state index < -0.39 is 0 Å². The summed E-state index contributed by atoms with van der Waals surface area (Å²) in [6.45, 7) is 10.2. The number of ether oxygens (including phenoxy) is 1. The van der Waals surface area contributed by atoms with Crippen molar-refractivity contribution in [3.8, 4) is 17.0 Å². The van der Waals surface area contributed by atoms with Crippen LogP contribution in [0, 0.1) is 6.92 Å². The fraction of sp³-hybridized carbons (Fsp3) is 0.304. The van der Waals surface area contributed by atoms with Crippen LogP contribution in [0.1, 0.15) is 54.5 Å². The predicted molar refractivity (Wildman–Crippen MR) is 119 cm³/mol. The Hall–Kier alpha value is -2.66. The molecule has 0 bridgehead atoms. The topological polar surface area (TPSA) is 51.2 Å². The van der Waals surface area contributed by atoms with Gasteiger partial charge in [-0.3, -0.25) is 4.79 Å². The van der Waals surface area contributed by atoms with Gasteiger partial charge in [-0.1, -0.05) is 39.8 Å². The molecule has 1 aromatic heterocycles. The van der Waals surface area contributed by atoms with E-state index >= 15 is 0 Å². The first-order chi connectivity index (χ1) is 13.5. The first-order valence-corrected chi connectivity index (χ1v) is 10.4. The molecule has 0 aliphatic rings. The van der Waals surface area contributed by atoms with E-state index in [4.69, 9.17) is 4.74 Å². The molecule has 0 atom stereocenters. The lowest BCUT2D eigenvalue weighted by atomic mass is 10.1. The van der Waals surface area contributed by atoms with E-state index in [2.05, 4.69) is 29.5 Å². The molecular weight excluding hydrogens is 368 g/mol. The molecule has 28 heavy (non-hydrogen) atoms. The number of hydrogen-bond acceptors (Lipinski definition) is 4. The Balaban J connectivity index is 0.00000136. The molecule has 1 heterocycles. The Labute approximate surface area is 171 Å². The average Bonchev–Trinajstić information content (AvgIpc) is 3.20. The fourth-order valence-corrected chi connectivity index (χ4v) is 3.47. The zero-order chi connectivity index (χ0) is 20.7. The van der Waals surface area contributed by atoms with Gasteiger partial charge in [0.15, 0.2) is 0 Å². The largest absolute Gasteiger partial charge is 0.497 e. The van der Waals surface area contributed by atoms with Crippen molar-refractivity contribution in [2.75, 3.05) is 12.4 Å². The predicted octanol–water partition coefficient (Wildman–Crippen LogP) is 6.53. The number of thiazole rings is 1. The van der Waals surface area contributed by atoms with Crippen LogP contribution in [-0.4, -0.2) is 18.0 Å². The quantitative estimate of drug-likeness (QED) is 0.533. The first-order valence-electron chi connectivity index (χ1n) is 9.49. The number of nitrogens with zero attached hydrogens (tertiary/aromatic N) is 1. The van der Waals surface area contributed by atoms with Gasteiger partial charge >= 0.3 is 0 Å². The standard InChI is InChI=1S/C21H22N2O2S.C2H6/c1-13(2)21-23-19(12-26-21)15-5-7-16(8-6-15)22-20(24)18-10-9-17(25-4)11-14(18)3;1-2/h5-13H,1-4H3,(H,22,24);1-2H3. The third kappa shape index (κ3) is 5.20. The molecule has 0 aliphatic carbocycles. The number of carbonyl (C=O) groups is 1. The Morgan fingerprint density at radius 3 is 2.32 bits per heavy atom. The number of rotatable bonds is 5. The van der Waals surface area contributed by atoms with E-state index in [1.165, 1.54) is 0 Å². The monoisotopic (exact) mass is 396 g/mol. The Bertz CT molecular complexity index is 915. The average molecular weight is 397 g/mol. The molecule has 148 valence electrons. The molecule has 3 rings (SSSR count). The molecular formula is C23H28N2O2S. The molecule has 0 spiro atoms. The number of aryl methyl sites for hydroxylation is 1. The highest BCUT2D eigenvalue weighted by atomic mass is 32.1. The van der Waals surface area contributed by atoms with Crippen LogP contribution in [0.4, 0.5) is 5.69 Å². The third-order valence-electron chi connectivity index (χ3n) is 4.13. The number of anilines is 1. The normalized spacial score (nSPS) is 10.2. The number of nitrogens with one attached hydrogen (secondary N) is 1. The van der Waals surface area contributed by atoms with Gasteiger partial charge in [0.1, 0.15) is 5.75 Å². The number of methoxy groups -OCH3 is 1. The van der Waals surface area contributed by atoms with Gasteiger partial charge in [0.25, 0.3) is 5.91 Å². The maximum absolute atomic E-state index is 12.5. The highest BCUT2D eigenvalue weighted by Crippen LogP contribution is 2.27. The van der Waals surface area contributed by atoms with Gasteiger partial charge in [0.05, 0.1) is 17.8 Å². The van der Waals surface area contributed by atoms with Crippen molar-refractivity contribution in [1.29, 1.82) is 0 Å². The fourth-order valence-electron chi connectivity index (χ4n) is 2.63. The van der Waals surface area contributed by atoms with Gasteiger partial charge in [-0.25, -0.2) is 4.98 Å². The summed E-state index contributed by atoms with van der Waals surface area (Å²) in [6, 6.07) is 13.2. The zero-order valence-corrected chi connectivity index (χ0v) is 18.2. The van der Waals surface area contributed by atoms with Crippen molar-refractivity contribution in [3.63, 3.8) is 0 Å². The second-order valence-electron chi connectivity index (χ2n) is 6.44. The summed E-state index contributed by atoms with van der Waals surface area (Å²) in [5, 5.41) is 6.15. The lowest BCUT2D eigenvalue weighted by Crippen LogP contribution is -2.13. The van der Waals surface area contributed by atoms with Gasteiger partial charge in [-0.2, -0.15) is 0 Å². The second kappa shape index (κ2) is 10.0. The van der Waals surface area contributed by atoms with E-state index in [0.717, 1.165) is 33.3 Å². The number of carbonyl (C=O) groups excluding carboxylic acids is 1. The van der Waals surface area contributed by atoms with Gasteiger partial charge in [0, 0.05) is 28.1 Å². The van der Waals surface area contributed by atoms with Crippen molar-refractivity contribution in [2.45, 2.75) is 40.5 Å². The van der Waals surface area contributed by atoms with Crippen LogP contribution in [0.15, 0.2) is 47.8 Å². The molecule has 3 aromatic rings. The Kier molecular flexibility index (Phi) is 7.76. The minimum absolute atomic E-state index is 0.131. The summed E-state index contributed by atoms with van der Waals surface area (Å²) < 4.78 is 5.18. The van der Waals surface area contributed by atoms with Crippen LogP contribution in [0.3, 0.4) is 0 Å². The van der Waals surface area contributed by atoms with Crippen LogP contribution >= 0.6 is 11.3 Å². The number of amides is 1. The molecule has 1 N–H and O–H groups in total. The molecule has 0 saturated heterocycles. The summed E-state index contributed by atoms with van der Waals surface area (Å²) in [5.74, 6) is 1.04. The summed E-state index contributed by atoms with van der Waals surface area (Å²) in [5.41, 5.74) is 4.29. The van der Waals surface area contributed by atoms with Gasteiger partial charge in [-0.05, 0) is 42.8 Å². The van der Waals surface area contributed by atoms with Crippen LogP contribution in [0.5, 0.6) is 5.75 Å². The summed E-state index contributed by atoms with van der Waals surface area (Å²) in [7, 11) is 1.61. The van der Waals surface area contributed by atoms with Crippen LogP contribution in [0.25, 0.3) is 11.3 Å². The molecule has 0 saturated carbocycles. The van der Waals surface area contributed by atoms with Crippen molar-refractivity contribution in [2.24, 2.45) is 0 Å². The maximum Gasteiger partial charge on any atom is 0.255 e. The Morgan fingerprint density at radius 1 is 1.11 bits per heavy atom. The van der Waals surface area contributed by atoms with Gasteiger partial charge < -0.3 is 10.1 Å². The van der Waals surface area contributed by atoms with Gasteiger partial charge in [0.2, 0.25) is 0 Å². The molecule has 0 aliphatic heterocycles. The Morgan fingerprint density at radius 2 is 1.79 bits per heavy atom. The molecule has 1 amide bonds. The van der Waals surface area contributed by atoms with Crippen molar-refractivity contribution < 1.29 is 9.53 Å². The lowest BCUT2D eigenvalue weighted by molar-refractivity contribution is 0.102. The zero-order valence-electron chi connectivity index (χ0n) is 17.4. The van der Waals surface area contributed by atoms with E-state index in [1.54, 1.807) is 30.6 Å². The lowest BCUT2D eigenvalue weighted by Gasteiger charge is -2.09.